The van der Waals surface area contributed by atoms with Gasteiger partial charge in [0.1, 0.15) is 17.1 Å². The average molecular weight is 620 g/mol. The van der Waals surface area contributed by atoms with Gasteiger partial charge in [-0.1, -0.05) is 17.4 Å². The summed E-state index contributed by atoms with van der Waals surface area (Å²) in [5.41, 5.74) is 1.64. The van der Waals surface area contributed by atoms with Crippen LogP contribution in [0.15, 0.2) is 71.6 Å². The van der Waals surface area contributed by atoms with Crippen LogP contribution < -0.4 is 19.7 Å². The van der Waals surface area contributed by atoms with Crippen LogP contribution in [0.25, 0.3) is 10.2 Å². The number of sulfonamides is 1. The van der Waals surface area contributed by atoms with Crippen molar-refractivity contribution in [3.63, 3.8) is 0 Å². The third-order valence-electron chi connectivity index (χ3n) is 6.55. The molecule has 1 saturated heterocycles. The van der Waals surface area contributed by atoms with Crippen LogP contribution in [0.4, 0.5) is 15.2 Å². The van der Waals surface area contributed by atoms with Gasteiger partial charge < -0.3 is 15.0 Å². The molecule has 9 nitrogen and oxygen atoms in total. The van der Waals surface area contributed by atoms with E-state index in [1.165, 1.54) is 24.3 Å². The molecule has 1 aromatic heterocycles. The van der Waals surface area contributed by atoms with Crippen LogP contribution in [0.3, 0.4) is 0 Å². The fraction of sp³-hybridized carbons (Fsp3) is 0.286. The third-order valence-corrected chi connectivity index (χ3v) is 9.03. The fourth-order valence-electron chi connectivity index (χ4n) is 4.43. The minimum absolute atomic E-state index is 0. The number of ether oxygens (including phenoxy) is 1. The lowest BCUT2D eigenvalue weighted by atomic mass is 10.2. The molecule has 1 fully saturated rings. The van der Waals surface area contributed by atoms with Gasteiger partial charge in [-0.05, 0) is 67.6 Å². The topological polar surface area (TPSA) is 104 Å². The van der Waals surface area contributed by atoms with Crippen LogP contribution in [-0.4, -0.2) is 70.1 Å². The highest BCUT2D eigenvalue weighted by molar-refractivity contribution is 7.92. The van der Waals surface area contributed by atoms with Gasteiger partial charge in [-0.25, -0.2) is 17.8 Å². The summed E-state index contributed by atoms with van der Waals surface area (Å²) >= 11 is 1.68. The highest BCUT2D eigenvalue weighted by Crippen LogP contribution is 2.34. The number of anilines is 2. The number of fused-ring (bicyclic) bond motifs is 1. The number of piperazine rings is 1. The number of carbonyl (C=O) groups excluding carboxylic acids is 1. The number of aromatic nitrogens is 1. The molecule has 2 N–H and O–H groups in total. The van der Waals surface area contributed by atoms with Crippen molar-refractivity contribution >= 4 is 60.7 Å². The summed E-state index contributed by atoms with van der Waals surface area (Å²) in [5.74, 6) is 0.0711. The van der Waals surface area contributed by atoms with Crippen molar-refractivity contribution in [1.82, 2.24) is 15.2 Å². The number of nitrogens with zero attached hydrogens (tertiary/aromatic N) is 3. The molecular formula is C28H31ClFN5O4S2. The number of thiazole rings is 1. The largest absolute Gasteiger partial charge is 0.492 e. The Balaban J connectivity index is 0.00000387. The number of rotatable bonds is 10. The van der Waals surface area contributed by atoms with E-state index in [2.05, 4.69) is 25.9 Å². The molecule has 2 heterocycles. The van der Waals surface area contributed by atoms with Crippen LogP contribution in [0, 0.1) is 5.82 Å². The summed E-state index contributed by atoms with van der Waals surface area (Å²) in [6.07, 6.45) is 0. The van der Waals surface area contributed by atoms with Crippen LogP contribution in [0.1, 0.15) is 17.3 Å². The summed E-state index contributed by atoms with van der Waals surface area (Å²) in [6, 6.07) is 16.7. The molecule has 0 atom stereocenters. The van der Waals surface area contributed by atoms with Crippen LogP contribution in [0.2, 0.25) is 0 Å². The molecule has 0 unspecified atom stereocenters. The van der Waals surface area contributed by atoms with Crippen molar-refractivity contribution in [2.24, 2.45) is 0 Å². The third kappa shape index (κ3) is 7.45. The van der Waals surface area contributed by atoms with Crippen molar-refractivity contribution in [3.8, 4) is 5.75 Å². The number of nitrogens with one attached hydrogen (secondary N) is 2. The molecule has 3 aromatic carbocycles. The second-order valence-corrected chi connectivity index (χ2v) is 11.9. The summed E-state index contributed by atoms with van der Waals surface area (Å²) in [4.78, 5) is 22.0. The first-order chi connectivity index (χ1) is 19.3. The Morgan fingerprint density at radius 1 is 1.02 bits per heavy atom. The van der Waals surface area contributed by atoms with Crippen molar-refractivity contribution in [1.29, 1.82) is 0 Å². The monoisotopic (exact) mass is 619 g/mol. The minimum atomic E-state index is -3.86. The number of hydrogen-bond acceptors (Lipinski definition) is 8. The van der Waals surface area contributed by atoms with Crippen LogP contribution >= 0.6 is 23.7 Å². The van der Waals surface area contributed by atoms with Crippen molar-refractivity contribution in [3.05, 3.63) is 78.1 Å². The summed E-state index contributed by atoms with van der Waals surface area (Å²) < 4.78 is 47.3. The zero-order valence-corrected chi connectivity index (χ0v) is 24.8. The average Bonchev–Trinajstić information content (AvgIpc) is 3.39. The van der Waals surface area contributed by atoms with Crippen molar-refractivity contribution in [2.45, 2.75) is 11.8 Å². The second kappa shape index (κ2) is 13.5. The van der Waals surface area contributed by atoms with Gasteiger partial charge in [-0.15, -0.1) is 12.4 Å². The molecule has 5 rings (SSSR count). The van der Waals surface area contributed by atoms with Gasteiger partial charge in [0.25, 0.3) is 15.9 Å². The minimum Gasteiger partial charge on any atom is -0.492 e. The van der Waals surface area contributed by atoms with Crippen molar-refractivity contribution in [2.75, 3.05) is 55.5 Å². The zero-order valence-electron chi connectivity index (χ0n) is 22.4. The van der Waals surface area contributed by atoms with Gasteiger partial charge in [0.15, 0.2) is 5.13 Å². The molecule has 1 aliphatic heterocycles. The molecule has 41 heavy (non-hydrogen) atoms. The lowest BCUT2D eigenvalue weighted by Crippen LogP contribution is -2.48. The molecule has 0 spiro atoms. The predicted molar refractivity (Wildman–Crippen MR) is 163 cm³/mol. The van der Waals surface area contributed by atoms with E-state index in [0.29, 0.717) is 24.4 Å². The summed E-state index contributed by atoms with van der Waals surface area (Å²) in [5, 5.41) is 3.93. The number of hydrogen-bond donors (Lipinski definition) is 2. The SMILES string of the molecule is CCOc1cccc2sc(N3CCN(CCNC(=O)c4ccc(NS(=O)(=O)c5ccc(F)cc5)cc4)CC3)nc12.Cl. The van der Waals surface area contributed by atoms with Gasteiger partial charge in [0, 0.05) is 50.5 Å². The van der Waals surface area contributed by atoms with E-state index in [-0.39, 0.29) is 23.2 Å². The molecule has 0 aliphatic carbocycles. The van der Waals surface area contributed by atoms with Crippen molar-refractivity contribution < 1.29 is 22.3 Å². The van der Waals surface area contributed by atoms with Gasteiger partial charge >= 0.3 is 0 Å². The molecule has 0 saturated carbocycles. The quantitative estimate of drug-likeness (QED) is 0.267. The molecule has 1 aliphatic rings. The fourth-order valence-corrected chi connectivity index (χ4v) is 6.52. The summed E-state index contributed by atoms with van der Waals surface area (Å²) in [7, 11) is -3.86. The Hall–Kier alpha value is -3.45. The van der Waals surface area contributed by atoms with Gasteiger partial charge in [-0.2, -0.15) is 0 Å². The molecule has 0 radical (unpaired) electrons. The standard InChI is InChI=1S/C28H30FN5O4S2.ClH/c1-2-38-24-4-3-5-25-26(24)31-28(39-25)34-18-16-33(17-19-34)15-14-30-27(35)20-6-10-22(11-7-20)32-40(36,37)23-12-8-21(29)9-13-23;/h3-13,32H,2,14-19H2,1H3,(H,30,35);1H. The first-order valence-corrected chi connectivity index (χ1v) is 15.3. The Morgan fingerprint density at radius 3 is 2.41 bits per heavy atom. The first kappa shape index (κ1) is 30.5. The smallest absolute Gasteiger partial charge is 0.261 e. The van der Waals surface area contributed by atoms with Crippen LogP contribution in [0.5, 0.6) is 5.75 Å². The second-order valence-electron chi connectivity index (χ2n) is 9.25. The Labute approximate surface area is 248 Å². The lowest BCUT2D eigenvalue weighted by Gasteiger charge is -2.34. The molecule has 13 heteroatoms. The molecule has 1 amide bonds. The number of halogens is 2. The van der Waals surface area contributed by atoms with E-state index in [4.69, 9.17) is 9.72 Å². The highest BCUT2D eigenvalue weighted by Gasteiger charge is 2.21. The molecular weight excluding hydrogens is 589 g/mol. The predicted octanol–water partition coefficient (Wildman–Crippen LogP) is 4.61. The van der Waals surface area contributed by atoms with Gasteiger partial charge in [-0.3, -0.25) is 14.4 Å². The van der Waals surface area contributed by atoms with Gasteiger partial charge in [0.05, 0.1) is 16.2 Å². The first-order valence-electron chi connectivity index (χ1n) is 13.0. The number of amides is 1. The Morgan fingerprint density at radius 2 is 1.73 bits per heavy atom. The molecule has 0 bridgehead atoms. The molecule has 4 aromatic rings. The van der Waals surface area contributed by atoms with Crippen LogP contribution in [-0.2, 0) is 10.0 Å². The van der Waals surface area contributed by atoms with Gasteiger partial charge in [0.2, 0.25) is 0 Å². The normalized spacial score (nSPS) is 14.0. The maximum Gasteiger partial charge on any atom is 0.261 e. The van der Waals surface area contributed by atoms with E-state index in [1.54, 1.807) is 23.5 Å². The zero-order chi connectivity index (χ0) is 28.1. The lowest BCUT2D eigenvalue weighted by molar-refractivity contribution is 0.0948. The van der Waals surface area contributed by atoms with E-state index in [1.807, 2.05) is 19.1 Å². The summed E-state index contributed by atoms with van der Waals surface area (Å²) in [6.45, 7) is 7.24. The van der Waals surface area contributed by atoms with E-state index in [0.717, 1.165) is 66.0 Å². The van der Waals surface area contributed by atoms with E-state index >= 15 is 0 Å². The number of benzene rings is 3. The van der Waals surface area contributed by atoms with E-state index in [9.17, 15) is 17.6 Å². The highest BCUT2D eigenvalue weighted by atomic mass is 35.5. The maximum absolute atomic E-state index is 13.1. The van der Waals surface area contributed by atoms with E-state index < -0.39 is 15.8 Å². The number of carbonyl (C=O) groups is 1. The maximum atomic E-state index is 13.1. The Kier molecular flexibility index (Phi) is 10.0. The Bertz CT molecular complexity index is 1580. The molecule has 218 valence electrons. The number of para-hydroxylation sites is 1.